The van der Waals surface area contributed by atoms with Crippen molar-refractivity contribution in [3.8, 4) is 6.07 Å². The lowest BCUT2D eigenvalue weighted by Gasteiger charge is -2.10. The third-order valence-corrected chi connectivity index (χ3v) is 3.29. The van der Waals surface area contributed by atoms with Crippen LogP contribution in [0.25, 0.3) is 0 Å². The summed E-state index contributed by atoms with van der Waals surface area (Å²) in [6, 6.07) is 12.0. The molecule has 1 heterocycles. The minimum absolute atomic E-state index is 0.0287. The molecule has 0 fully saturated rings. The number of rotatable bonds is 4. The van der Waals surface area contributed by atoms with Gasteiger partial charge in [-0.2, -0.15) is 5.26 Å². The van der Waals surface area contributed by atoms with Crippen LogP contribution in [0, 0.1) is 18.3 Å². The SMILES string of the molecule is Cc1nnc(SC(CC#N)c2ccccc2)o1. The average Bonchev–Trinajstić information content (AvgIpc) is 2.75. The van der Waals surface area contributed by atoms with Crippen molar-refractivity contribution < 1.29 is 4.42 Å². The number of aryl methyl sites for hydroxylation is 1. The zero-order valence-electron chi connectivity index (χ0n) is 9.33. The highest BCUT2D eigenvalue weighted by Gasteiger charge is 2.16. The normalized spacial score (nSPS) is 12.0. The number of benzene rings is 1. The van der Waals surface area contributed by atoms with Gasteiger partial charge in [0.2, 0.25) is 5.89 Å². The van der Waals surface area contributed by atoms with E-state index in [1.807, 2.05) is 30.3 Å². The fourth-order valence-corrected chi connectivity index (χ4v) is 2.38. The van der Waals surface area contributed by atoms with Gasteiger partial charge in [-0.15, -0.1) is 10.2 Å². The van der Waals surface area contributed by atoms with Gasteiger partial charge in [0.1, 0.15) is 0 Å². The van der Waals surface area contributed by atoms with E-state index in [0.29, 0.717) is 17.5 Å². The van der Waals surface area contributed by atoms with Gasteiger partial charge in [-0.3, -0.25) is 0 Å². The summed E-state index contributed by atoms with van der Waals surface area (Å²) in [5.74, 6) is 0.538. The van der Waals surface area contributed by atoms with E-state index in [2.05, 4.69) is 16.3 Å². The summed E-state index contributed by atoms with van der Waals surface area (Å²) in [4.78, 5) is 0. The van der Waals surface area contributed by atoms with Gasteiger partial charge < -0.3 is 4.42 Å². The molecule has 1 unspecified atom stereocenters. The zero-order valence-corrected chi connectivity index (χ0v) is 10.1. The Labute approximate surface area is 104 Å². The first-order valence-corrected chi connectivity index (χ1v) is 6.06. The van der Waals surface area contributed by atoms with Crippen LogP contribution in [0.5, 0.6) is 0 Å². The smallest absolute Gasteiger partial charge is 0.277 e. The minimum Gasteiger partial charge on any atom is -0.416 e. The second-order valence-corrected chi connectivity index (χ2v) is 4.62. The molecule has 0 saturated heterocycles. The number of thioether (sulfide) groups is 1. The predicted molar refractivity (Wildman–Crippen MR) is 64.3 cm³/mol. The molecular weight excluding hydrogens is 234 g/mol. The van der Waals surface area contributed by atoms with E-state index >= 15 is 0 Å². The van der Waals surface area contributed by atoms with Crippen LogP contribution in [-0.2, 0) is 0 Å². The predicted octanol–water partition coefficient (Wildman–Crippen LogP) is 3.13. The highest BCUT2D eigenvalue weighted by atomic mass is 32.2. The molecule has 1 aromatic heterocycles. The molecule has 0 amide bonds. The fraction of sp³-hybridized carbons (Fsp3) is 0.250. The molecule has 1 aromatic carbocycles. The molecule has 5 heteroatoms. The first kappa shape index (κ1) is 11.7. The van der Waals surface area contributed by atoms with Gasteiger partial charge in [-0.05, 0) is 5.56 Å². The summed E-state index contributed by atoms with van der Waals surface area (Å²) >= 11 is 1.42. The lowest BCUT2D eigenvalue weighted by molar-refractivity contribution is 0.428. The Morgan fingerprint density at radius 1 is 1.35 bits per heavy atom. The second-order valence-electron chi connectivity index (χ2n) is 3.47. The molecule has 0 aliphatic heterocycles. The molecule has 0 radical (unpaired) electrons. The lowest BCUT2D eigenvalue weighted by atomic mass is 10.1. The molecule has 0 bridgehead atoms. The summed E-state index contributed by atoms with van der Waals surface area (Å²) in [6.07, 6.45) is 0.413. The molecule has 17 heavy (non-hydrogen) atoms. The molecule has 1 atom stereocenters. The fourth-order valence-electron chi connectivity index (χ4n) is 1.43. The molecule has 0 aliphatic rings. The lowest BCUT2D eigenvalue weighted by Crippen LogP contribution is -1.92. The van der Waals surface area contributed by atoms with Gasteiger partial charge in [0.15, 0.2) is 0 Å². The molecule has 0 spiro atoms. The minimum atomic E-state index is 0.0287. The molecular formula is C12H11N3OS. The van der Waals surface area contributed by atoms with Crippen molar-refractivity contribution in [1.82, 2.24) is 10.2 Å². The standard InChI is InChI=1S/C12H11N3OS/c1-9-14-15-12(16-9)17-11(7-8-13)10-5-3-2-4-6-10/h2-6,11H,7H2,1H3. The molecule has 4 nitrogen and oxygen atoms in total. The maximum atomic E-state index is 8.85. The van der Waals surface area contributed by atoms with E-state index in [1.54, 1.807) is 6.92 Å². The quantitative estimate of drug-likeness (QED) is 0.774. The highest BCUT2D eigenvalue weighted by molar-refractivity contribution is 7.99. The Bertz CT molecular complexity index is 518. The largest absolute Gasteiger partial charge is 0.416 e. The van der Waals surface area contributed by atoms with Gasteiger partial charge in [-0.25, -0.2) is 0 Å². The van der Waals surface area contributed by atoms with Crippen molar-refractivity contribution in [2.24, 2.45) is 0 Å². The van der Waals surface area contributed by atoms with Crippen LogP contribution in [-0.4, -0.2) is 10.2 Å². The van der Waals surface area contributed by atoms with E-state index in [1.165, 1.54) is 11.8 Å². The molecule has 0 N–H and O–H groups in total. The topological polar surface area (TPSA) is 62.7 Å². The van der Waals surface area contributed by atoms with Gasteiger partial charge >= 0.3 is 0 Å². The first-order chi connectivity index (χ1) is 8.29. The zero-order chi connectivity index (χ0) is 12.1. The van der Waals surface area contributed by atoms with E-state index in [9.17, 15) is 0 Å². The summed E-state index contributed by atoms with van der Waals surface area (Å²) < 4.78 is 5.31. The first-order valence-electron chi connectivity index (χ1n) is 5.18. The highest BCUT2D eigenvalue weighted by Crippen LogP contribution is 2.36. The van der Waals surface area contributed by atoms with Crippen LogP contribution in [0.1, 0.15) is 23.1 Å². The van der Waals surface area contributed by atoms with Crippen molar-refractivity contribution in [1.29, 1.82) is 5.26 Å². The van der Waals surface area contributed by atoms with Gasteiger partial charge in [0.25, 0.3) is 5.22 Å². The average molecular weight is 245 g/mol. The van der Waals surface area contributed by atoms with E-state index in [0.717, 1.165) is 5.56 Å². The number of hydrogen-bond donors (Lipinski definition) is 0. The van der Waals surface area contributed by atoms with Crippen molar-refractivity contribution in [2.75, 3.05) is 0 Å². The Hall–Kier alpha value is -1.80. The summed E-state index contributed by atoms with van der Waals surface area (Å²) in [6.45, 7) is 1.75. The molecule has 86 valence electrons. The number of nitrogens with zero attached hydrogens (tertiary/aromatic N) is 3. The van der Waals surface area contributed by atoms with Gasteiger partial charge in [0, 0.05) is 6.92 Å². The number of aromatic nitrogens is 2. The van der Waals surface area contributed by atoms with Crippen LogP contribution in [0.3, 0.4) is 0 Å². The third-order valence-electron chi connectivity index (χ3n) is 2.20. The van der Waals surface area contributed by atoms with Crippen LogP contribution in [0.15, 0.2) is 40.0 Å². The Balaban J connectivity index is 2.16. The maximum absolute atomic E-state index is 8.85. The van der Waals surface area contributed by atoms with Gasteiger partial charge in [0.05, 0.1) is 17.7 Å². The van der Waals surface area contributed by atoms with Crippen LogP contribution in [0.4, 0.5) is 0 Å². The van der Waals surface area contributed by atoms with E-state index in [4.69, 9.17) is 9.68 Å². The molecule has 2 aromatic rings. The van der Waals surface area contributed by atoms with Crippen molar-refractivity contribution in [3.63, 3.8) is 0 Å². The Morgan fingerprint density at radius 2 is 2.12 bits per heavy atom. The van der Waals surface area contributed by atoms with Crippen LogP contribution in [0.2, 0.25) is 0 Å². The third kappa shape index (κ3) is 3.08. The Kier molecular flexibility index (Phi) is 3.78. The summed E-state index contributed by atoms with van der Waals surface area (Å²) in [5, 5.41) is 17.1. The molecule has 0 saturated carbocycles. The molecule has 0 aliphatic carbocycles. The molecule has 2 rings (SSSR count). The summed E-state index contributed by atoms with van der Waals surface area (Å²) in [5.41, 5.74) is 1.09. The maximum Gasteiger partial charge on any atom is 0.277 e. The number of nitriles is 1. The Morgan fingerprint density at radius 3 is 2.71 bits per heavy atom. The van der Waals surface area contributed by atoms with E-state index in [-0.39, 0.29) is 5.25 Å². The van der Waals surface area contributed by atoms with Crippen molar-refractivity contribution in [3.05, 3.63) is 41.8 Å². The van der Waals surface area contributed by atoms with Crippen LogP contribution >= 0.6 is 11.8 Å². The van der Waals surface area contributed by atoms with Crippen molar-refractivity contribution in [2.45, 2.75) is 23.8 Å². The van der Waals surface area contributed by atoms with Crippen LogP contribution < -0.4 is 0 Å². The number of hydrogen-bond acceptors (Lipinski definition) is 5. The second kappa shape index (κ2) is 5.51. The summed E-state index contributed by atoms with van der Waals surface area (Å²) in [7, 11) is 0. The van der Waals surface area contributed by atoms with E-state index < -0.39 is 0 Å². The monoisotopic (exact) mass is 245 g/mol. The van der Waals surface area contributed by atoms with Gasteiger partial charge in [-0.1, -0.05) is 42.1 Å². The van der Waals surface area contributed by atoms with Crippen molar-refractivity contribution >= 4 is 11.8 Å².